The summed E-state index contributed by atoms with van der Waals surface area (Å²) in [5.74, 6) is -0.332. The van der Waals surface area contributed by atoms with E-state index >= 15 is 0 Å². The number of nitrogens with zero attached hydrogens (tertiary/aromatic N) is 2. The summed E-state index contributed by atoms with van der Waals surface area (Å²) in [4.78, 5) is 11.5. The van der Waals surface area contributed by atoms with Gasteiger partial charge >= 0.3 is 5.97 Å². The van der Waals surface area contributed by atoms with Gasteiger partial charge in [-0.15, -0.1) is 10.2 Å². The fourth-order valence-corrected chi connectivity index (χ4v) is 4.98. The van der Waals surface area contributed by atoms with Crippen molar-refractivity contribution in [2.75, 3.05) is 0 Å². The van der Waals surface area contributed by atoms with Crippen LogP contribution < -0.4 is 0 Å². The minimum Gasteiger partial charge on any atom is -0.481 e. The average Bonchev–Trinajstić information content (AvgIpc) is 2.91. The zero-order valence-electron chi connectivity index (χ0n) is 12.2. The molecule has 4 nitrogen and oxygen atoms in total. The standard InChI is InChI=1S/C14H22N2O2S2/c1-4-14(2,3)9-5-6-10(12(17)18)11(7-9)20-13-16-15-8-19-13/h8-11H,4-7H2,1-3H3,(H,17,18). The van der Waals surface area contributed by atoms with Crippen LogP contribution in [0.2, 0.25) is 0 Å². The third-order valence-electron chi connectivity index (χ3n) is 4.72. The molecule has 1 fully saturated rings. The van der Waals surface area contributed by atoms with Gasteiger partial charge in [-0.1, -0.05) is 50.3 Å². The summed E-state index contributed by atoms with van der Waals surface area (Å²) in [6, 6.07) is 0. The first-order valence-electron chi connectivity index (χ1n) is 7.09. The summed E-state index contributed by atoms with van der Waals surface area (Å²) in [5.41, 5.74) is 1.98. The van der Waals surface area contributed by atoms with Gasteiger partial charge in [0.2, 0.25) is 0 Å². The maximum Gasteiger partial charge on any atom is 0.307 e. The molecule has 1 heterocycles. The monoisotopic (exact) mass is 314 g/mol. The van der Waals surface area contributed by atoms with Crippen LogP contribution in [0.1, 0.15) is 46.5 Å². The van der Waals surface area contributed by atoms with Crippen molar-refractivity contribution in [3.05, 3.63) is 5.51 Å². The highest BCUT2D eigenvalue weighted by Gasteiger charge is 2.40. The Hall–Kier alpha value is -0.620. The molecular formula is C14H22N2O2S2. The third-order valence-corrected chi connectivity index (χ3v) is 6.88. The predicted octanol–water partition coefficient (Wildman–Crippen LogP) is 3.94. The van der Waals surface area contributed by atoms with Crippen LogP contribution in [0, 0.1) is 17.3 Å². The second-order valence-electron chi connectivity index (χ2n) is 6.16. The van der Waals surface area contributed by atoms with Crippen LogP contribution in [0.4, 0.5) is 0 Å². The van der Waals surface area contributed by atoms with Gasteiger partial charge in [0, 0.05) is 5.25 Å². The van der Waals surface area contributed by atoms with Crippen LogP contribution in [-0.2, 0) is 4.79 Å². The van der Waals surface area contributed by atoms with E-state index in [1.165, 1.54) is 11.3 Å². The van der Waals surface area contributed by atoms with Gasteiger partial charge in [0.1, 0.15) is 5.51 Å². The van der Waals surface area contributed by atoms with E-state index < -0.39 is 5.97 Å². The van der Waals surface area contributed by atoms with Gasteiger partial charge in [-0.2, -0.15) is 0 Å². The molecule has 0 saturated heterocycles. The number of carboxylic acid groups (broad SMARTS) is 1. The Morgan fingerprint density at radius 1 is 1.55 bits per heavy atom. The topological polar surface area (TPSA) is 63.1 Å². The molecular weight excluding hydrogens is 292 g/mol. The molecule has 0 aliphatic heterocycles. The first-order valence-corrected chi connectivity index (χ1v) is 8.85. The third kappa shape index (κ3) is 3.52. The van der Waals surface area contributed by atoms with E-state index in [-0.39, 0.29) is 16.6 Å². The molecule has 6 heteroatoms. The highest BCUT2D eigenvalue weighted by Crippen LogP contribution is 2.47. The van der Waals surface area contributed by atoms with Crippen molar-refractivity contribution >= 4 is 29.1 Å². The molecule has 112 valence electrons. The van der Waals surface area contributed by atoms with Crippen molar-refractivity contribution in [2.45, 2.75) is 56.0 Å². The smallest absolute Gasteiger partial charge is 0.307 e. The number of thioether (sulfide) groups is 1. The summed E-state index contributed by atoms with van der Waals surface area (Å²) < 4.78 is 0.885. The van der Waals surface area contributed by atoms with Crippen molar-refractivity contribution in [3.63, 3.8) is 0 Å². The van der Waals surface area contributed by atoms with Crippen LogP contribution in [0.5, 0.6) is 0 Å². The second kappa shape index (κ2) is 6.43. The Kier molecular flexibility index (Phi) is 5.07. The second-order valence-corrected chi connectivity index (χ2v) is 8.48. The molecule has 1 aromatic heterocycles. The molecule has 0 bridgehead atoms. The summed E-state index contributed by atoms with van der Waals surface area (Å²) in [5, 5.41) is 17.4. The Morgan fingerprint density at radius 2 is 2.30 bits per heavy atom. The number of hydrogen-bond acceptors (Lipinski definition) is 5. The van der Waals surface area contributed by atoms with Crippen molar-refractivity contribution < 1.29 is 9.90 Å². The van der Waals surface area contributed by atoms with Crippen molar-refractivity contribution in [1.82, 2.24) is 10.2 Å². The van der Waals surface area contributed by atoms with Crippen LogP contribution in [0.15, 0.2) is 9.85 Å². The van der Waals surface area contributed by atoms with Gasteiger partial charge < -0.3 is 5.11 Å². The molecule has 3 atom stereocenters. The maximum absolute atomic E-state index is 11.5. The number of carbonyl (C=O) groups is 1. The fraction of sp³-hybridized carbons (Fsp3) is 0.786. The zero-order valence-corrected chi connectivity index (χ0v) is 13.8. The molecule has 20 heavy (non-hydrogen) atoms. The molecule has 2 rings (SSSR count). The normalized spacial score (nSPS) is 27.4. The molecule has 1 aliphatic rings. The predicted molar refractivity (Wildman–Crippen MR) is 82.1 cm³/mol. The zero-order chi connectivity index (χ0) is 14.8. The lowest BCUT2D eigenvalue weighted by Crippen LogP contribution is -2.37. The highest BCUT2D eigenvalue weighted by molar-refractivity contribution is 8.01. The van der Waals surface area contributed by atoms with Gasteiger partial charge in [-0.3, -0.25) is 4.79 Å². The van der Waals surface area contributed by atoms with Crippen molar-refractivity contribution in [2.24, 2.45) is 17.3 Å². The quantitative estimate of drug-likeness (QED) is 0.892. The molecule has 0 spiro atoms. The van der Waals surface area contributed by atoms with Gasteiger partial charge in [-0.25, -0.2) is 0 Å². The van der Waals surface area contributed by atoms with Gasteiger partial charge in [-0.05, 0) is 30.6 Å². The molecule has 3 unspecified atom stereocenters. The molecule has 0 amide bonds. The van der Waals surface area contributed by atoms with Gasteiger partial charge in [0.15, 0.2) is 4.34 Å². The molecule has 1 N–H and O–H groups in total. The summed E-state index contributed by atoms with van der Waals surface area (Å²) in [6.07, 6.45) is 3.89. The first-order chi connectivity index (χ1) is 9.44. The van der Waals surface area contributed by atoms with Crippen molar-refractivity contribution in [3.8, 4) is 0 Å². The number of aromatic nitrogens is 2. The molecule has 0 aromatic carbocycles. The summed E-state index contributed by atoms with van der Waals surface area (Å²) in [6.45, 7) is 6.81. The number of rotatable bonds is 5. The summed E-state index contributed by atoms with van der Waals surface area (Å²) in [7, 11) is 0. The minimum absolute atomic E-state index is 0.116. The van der Waals surface area contributed by atoms with Crippen LogP contribution in [0.3, 0.4) is 0 Å². The molecule has 1 saturated carbocycles. The van der Waals surface area contributed by atoms with Crippen molar-refractivity contribution in [1.29, 1.82) is 0 Å². The minimum atomic E-state index is -0.667. The number of hydrogen-bond donors (Lipinski definition) is 1. The molecule has 1 aromatic rings. The Bertz CT molecular complexity index is 448. The van der Waals surface area contributed by atoms with E-state index in [2.05, 4.69) is 31.0 Å². The largest absolute Gasteiger partial charge is 0.481 e. The average molecular weight is 314 g/mol. The fourth-order valence-electron chi connectivity index (χ4n) is 2.88. The number of aliphatic carboxylic acids is 1. The first kappa shape index (κ1) is 15.8. The molecule has 0 radical (unpaired) electrons. The van der Waals surface area contributed by atoms with Crippen LogP contribution in [-0.4, -0.2) is 26.5 Å². The van der Waals surface area contributed by atoms with Crippen LogP contribution in [0.25, 0.3) is 0 Å². The molecule has 1 aliphatic carbocycles. The van der Waals surface area contributed by atoms with E-state index in [9.17, 15) is 9.90 Å². The Balaban J connectivity index is 2.11. The highest BCUT2D eigenvalue weighted by atomic mass is 32.2. The van der Waals surface area contributed by atoms with E-state index in [1.54, 1.807) is 17.3 Å². The van der Waals surface area contributed by atoms with Gasteiger partial charge in [0.05, 0.1) is 5.92 Å². The van der Waals surface area contributed by atoms with E-state index in [0.29, 0.717) is 5.92 Å². The summed E-state index contributed by atoms with van der Waals surface area (Å²) >= 11 is 3.09. The Morgan fingerprint density at radius 3 is 2.85 bits per heavy atom. The number of carboxylic acids is 1. The maximum atomic E-state index is 11.5. The lowest BCUT2D eigenvalue weighted by Gasteiger charge is -2.41. The SMILES string of the molecule is CCC(C)(C)C1CCC(C(=O)O)C(Sc2nncs2)C1. The lowest BCUT2D eigenvalue weighted by atomic mass is 9.67. The lowest BCUT2D eigenvalue weighted by molar-refractivity contribution is -0.143. The van der Waals surface area contributed by atoms with E-state index in [1.807, 2.05) is 0 Å². The van der Waals surface area contributed by atoms with Gasteiger partial charge in [0.25, 0.3) is 0 Å². The van der Waals surface area contributed by atoms with E-state index in [0.717, 1.165) is 30.0 Å². The van der Waals surface area contributed by atoms with E-state index in [4.69, 9.17) is 0 Å². The Labute approximate surface area is 128 Å². The van der Waals surface area contributed by atoms with Crippen LogP contribution >= 0.6 is 23.1 Å².